The molecule has 6 nitrogen and oxygen atoms in total. The van der Waals surface area contributed by atoms with Crippen LogP contribution in [0.4, 0.5) is 0 Å². The molecule has 0 spiro atoms. The molecular formula is C24H18BBrCl2N2O4. The van der Waals surface area contributed by atoms with Crippen molar-refractivity contribution < 1.29 is 19.6 Å². The van der Waals surface area contributed by atoms with E-state index in [1.165, 1.54) is 6.07 Å². The molecule has 2 aromatic carbocycles. The van der Waals surface area contributed by atoms with Crippen molar-refractivity contribution in [1.29, 1.82) is 0 Å². The number of carbonyl (C=O) groups excluding carboxylic acids is 2. The van der Waals surface area contributed by atoms with E-state index in [0.717, 1.165) is 18.1 Å². The summed E-state index contributed by atoms with van der Waals surface area (Å²) >= 11 is 14.6. The molecule has 0 amide bonds. The van der Waals surface area contributed by atoms with Crippen molar-refractivity contribution in [1.82, 2.24) is 9.97 Å². The highest BCUT2D eigenvalue weighted by Crippen LogP contribution is 2.22. The molecule has 4 aromatic rings. The Morgan fingerprint density at radius 2 is 1.35 bits per heavy atom. The van der Waals surface area contributed by atoms with Crippen LogP contribution in [0.5, 0.6) is 0 Å². The van der Waals surface area contributed by atoms with E-state index in [0.29, 0.717) is 36.9 Å². The second-order valence-corrected chi connectivity index (χ2v) is 8.12. The highest BCUT2D eigenvalue weighted by atomic mass is 79.9. The first-order valence-corrected chi connectivity index (χ1v) is 11.2. The van der Waals surface area contributed by atoms with Gasteiger partial charge in [0.1, 0.15) is 4.60 Å². The molecule has 172 valence electrons. The van der Waals surface area contributed by atoms with Crippen LogP contribution in [0.25, 0.3) is 11.3 Å². The van der Waals surface area contributed by atoms with Crippen LogP contribution in [0.2, 0.25) is 10.0 Å². The van der Waals surface area contributed by atoms with E-state index < -0.39 is 7.12 Å². The molecule has 0 bridgehead atoms. The predicted molar refractivity (Wildman–Crippen MR) is 139 cm³/mol. The quantitative estimate of drug-likeness (QED) is 0.210. The molecule has 0 radical (unpaired) electrons. The third kappa shape index (κ3) is 8.81. The number of benzene rings is 2. The molecule has 0 aliphatic rings. The molecule has 0 aliphatic carbocycles. The van der Waals surface area contributed by atoms with Crippen molar-refractivity contribution in [3.8, 4) is 11.3 Å². The molecule has 0 unspecified atom stereocenters. The zero-order chi connectivity index (χ0) is 24.9. The van der Waals surface area contributed by atoms with Gasteiger partial charge in [0, 0.05) is 39.1 Å². The lowest BCUT2D eigenvalue weighted by molar-refractivity contribution is 0.111. The van der Waals surface area contributed by atoms with Crippen LogP contribution >= 0.6 is 39.1 Å². The Hall–Kier alpha value is -2.88. The van der Waals surface area contributed by atoms with Gasteiger partial charge in [0.25, 0.3) is 0 Å². The van der Waals surface area contributed by atoms with Gasteiger partial charge in [-0.15, -0.1) is 0 Å². The van der Waals surface area contributed by atoms with Crippen LogP contribution in [0.15, 0.2) is 89.8 Å². The third-order valence-corrected chi connectivity index (χ3v) is 5.26. The minimum absolute atomic E-state index is 0.410. The monoisotopic (exact) mass is 558 g/mol. The lowest BCUT2D eigenvalue weighted by atomic mass is 9.81. The van der Waals surface area contributed by atoms with Crippen LogP contribution in [0, 0.1) is 0 Å². The summed E-state index contributed by atoms with van der Waals surface area (Å²) in [5, 5.41) is 18.4. The topological polar surface area (TPSA) is 100 Å². The minimum atomic E-state index is -1.43. The number of aldehydes is 2. The summed E-state index contributed by atoms with van der Waals surface area (Å²) in [6.07, 6.45) is 4.83. The van der Waals surface area contributed by atoms with Gasteiger partial charge in [-0.05, 0) is 69.9 Å². The highest BCUT2D eigenvalue weighted by molar-refractivity contribution is 9.10. The summed E-state index contributed by atoms with van der Waals surface area (Å²) in [5.41, 5.74) is 3.07. The maximum absolute atomic E-state index is 10.8. The maximum atomic E-state index is 10.8. The fourth-order valence-corrected chi connectivity index (χ4v) is 3.28. The van der Waals surface area contributed by atoms with E-state index in [1.807, 2.05) is 12.1 Å². The number of rotatable bonds is 4. The molecule has 10 heteroatoms. The number of halogens is 3. The van der Waals surface area contributed by atoms with Crippen LogP contribution in [-0.4, -0.2) is 39.7 Å². The molecule has 0 saturated heterocycles. The Balaban J connectivity index is 0.000000189. The second kappa shape index (κ2) is 14.4. The summed E-state index contributed by atoms with van der Waals surface area (Å²) in [6.45, 7) is 0. The molecule has 0 atom stereocenters. The van der Waals surface area contributed by atoms with Gasteiger partial charge in [-0.2, -0.15) is 0 Å². The average molecular weight is 560 g/mol. The Kier molecular flexibility index (Phi) is 11.6. The van der Waals surface area contributed by atoms with Crippen molar-refractivity contribution in [2.24, 2.45) is 0 Å². The van der Waals surface area contributed by atoms with E-state index in [-0.39, 0.29) is 0 Å². The van der Waals surface area contributed by atoms with Crippen LogP contribution in [0.3, 0.4) is 0 Å². The standard InChI is InChI=1S/C12H8ClNO.C6H6BClO2.C6H4BrNO/c13-11-5-1-3-9(7-11)12-10(8-15)4-2-6-14-12;8-6-3-1-2-5(4-6)7(9)10;7-6-5(4-9)2-1-3-8-6/h1-8H;1-4,9-10H;1-4H. The number of aromatic nitrogens is 2. The molecule has 4 rings (SSSR count). The van der Waals surface area contributed by atoms with E-state index in [2.05, 4.69) is 25.9 Å². The fourth-order valence-electron chi connectivity index (χ4n) is 2.54. The Bertz CT molecular complexity index is 1240. The first-order valence-electron chi connectivity index (χ1n) is 9.69. The van der Waals surface area contributed by atoms with Gasteiger partial charge in [-0.25, -0.2) is 4.98 Å². The molecule has 0 fully saturated rings. The summed E-state index contributed by atoms with van der Waals surface area (Å²) in [5.74, 6) is 0. The Labute approximate surface area is 215 Å². The first-order chi connectivity index (χ1) is 16.3. The molecule has 2 N–H and O–H groups in total. The molecule has 2 aromatic heterocycles. The van der Waals surface area contributed by atoms with E-state index in [1.54, 1.807) is 67.0 Å². The smallest absolute Gasteiger partial charge is 0.423 e. The maximum Gasteiger partial charge on any atom is 0.488 e. The fraction of sp³-hybridized carbons (Fsp3) is 0. The lowest BCUT2D eigenvalue weighted by Gasteiger charge is -2.03. The number of nitrogens with zero attached hydrogens (tertiary/aromatic N) is 2. The molecular weight excluding hydrogens is 542 g/mol. The second-order valence-electron chi connectivity index (χ2n) is 6.50. The van der Waals surface area contributed by atoms with Gasteiger partial charge in [0.05, 0.1) is 5.69 Å². The summed E-state index contributed by atoms with van der Waals surface area (Å²) in [6, 6.07) is 20.6. The SMILES string of the molecule is O=Cc1cccnc1-c1cccc(Cl)c1.O=Cc1cccnc1Br.OB(O)c1cccc(Cl)c1. The summed E-state index contributed by atoms with van der Waals surface area (Å²) in [7, 11) is -1.43. The highest BCUT2D eigenvalue weighted by Gasteiger charge is 2.09. The third-order valence-electron chi connectivity index (χ3n) is 4.13. The zero-order valence-corrected chi connectivity index (χ0v) is 20.7. The van der Waals surface area contributed by atoms with Gasteiger partial charge in [-0.3, -0.25) is 14.6 Å². The van der Waals surface area contributed by atoms with Crippen molar-refractivity contribution in [3.63, 3.8) is 0 Å². The number of pyridine rings is 2. The van der Waals surface area contributed by atoms with Crippen LogP contribution in [-0.2, 0) is 0 Å². The van der Waals surface area contributed by atoms with Crippen LogP contribution < -0.4 is 5.46 Å². The Morgan fingerprint density at radius 1 is 0.765 bits per heavy atom. The molecule has 34 heavy (non-hydrogen) atoms. The zero-order valence-electron chi connectivity index (χ0n) is 17.6. The molecule has 0 saturated carbocycles. The van der Waals surface area contributed by atoms with Gasteiger partial charge in [0.2, 0.25) is 0 Å². The van der Waals surface area contributed by atoms with Gasteiger partial charge in [-0.1, -0.05) is 47.5 Å². The Morgan fingerprint density at radius 3 is 1.85 bits per heavy atom. The lowest BCUT2D eigenvalue weighted by Crippen LogP contribution is -2.29. The molecule has 0 aliphatic heterocycles. The van der Waals surface area contributed by atoms with Crippen molar-refractivity contribution in [3.05, 3.63) is 111 Å². The first kappa shape index (κ1) is 27.4. The summed E-state index contributed by atoms with van der Waals surface area (Å²) < 4.78 is 0.597. The number of hydrogen-bond donors (Lipinski definition) is 2. The number of carbonyl (C=O) groups is 2. The predicted octanol–water partition coefficient (Wildman–Crippen LogP) is 4.89. The van der Waals surface area contributed by atoms with E-state index in [9.17, 15) is 9.59 Å². The van der Waals surface area contributed by atoms with E-state index in [4.69, 9.17) is 33.2 Å². The van der Waals surface area contributed by atoms with Crippen LogP contribution in [0.1, 0.15) is 20.7 Å². The molecule has 2 heterocycles. The largest absolute Gasteiger partial charge is 0.488 e. The van der Waals surface area contributed by atoms with Crippen molar-refractivity contribution in [2.75, 3.05) is 0 Å². The minimum Gasteiger partial charge on any atom is -0.423 e. The summed E-state index contributed by atoms with van der Waals surface area (Å²) in [4.78, 5) is 29.0. The van der Waals surface area contributed by atoms with Crippen molar-refractivity contribution >= 4 is 64.3 Å². The average Bonchev–Trinajstić information content (AvgIpc) is 2.85. The van der Waals surface area contributed by atoms with Crippen molar-refractivity contribution in [2.45, 2.75) is 0 Å². The van der Waals surface area contributed by atoms with Gasteiger partial charge >= 0.3 is 7.12 Å². The van der Waals surface area contributed by atoms with Gasteiger partial charge < -0.3 is 10.0 Å². The van der Waals surface area contributed by atoms with Gasteiger partial charge in [0.15, 0.2) is 12.6 Å². The van der Waals surface area contributed by atoms with E-state index >= 15 is 0 Å². The normalized spacial score (nSPS) is 9.56. The number of hydrogen-bond acceptors (Lipinski definition) is 6.